The number of nitrogens with zero attached hydrogens (tertiary/aromatic N) is 1. The fourth-order valence-electron chi connectivity index (χ4n) is 5.38. The van der Waals surface area contributed by atoms with Crippen molar-refractivity contribution in [2.75, 3.05) is 26.9 Å². The molecule has 29 heavy (non-hydrogen) atoms. The van der Waals surface area contributed by atoms with E-state index in [1.807, 2.05) is 4.90 Å². The van der Waals surface area contributed by atoms with Crippen LogP contribution in [0.25, 0.3) is 5.57 Å². The van der Waals surface area contributed by atoms with Crippen molar-refractivity contribution in [1.29, 1.82) is 0 Å². The number of amides is 1. The summed E-state index contributed by atoms with van der Waals surface area (Å²) in [6, 6.07) is 9.43. The first kappa shape index (κ1) is 20.6. The maximum atomic E-state index is 12.7. The zero-order valence-electron chi connectivity index (χ0n) is 17.5. The molecular formula is C24H34N2O3. The highest BCUT2D eigenvalue weighted by Crippen LogP contribution is 2.36. The van der Waals surface area contributed by atoms with Crippen molar-refractivity contribution < 1.29 is 14.6 Å². The van der Waals surface area contributed by atoms with Gasteiger partial charge in [-0.1, -0.05) is 43.2 Å². The number of hydrogen-bond acceptors (Lipinski definition) is 4. The molecule has 158 valence electrons. The van der Waals surface area contributed by atoms with Gasteiger partial charge in [-0.05, 0) is 48.8 Å². The SMILES string of the molecule is COCC(=O)N(C[C@H]1N[C@H](CO)[C@@H]1c1ccc(C2=CCCC2)cc1)C1CCCC1. The van der Waals surface area contributed by atoms with Gasteiger partial charge in [0, 0.05) is 37.7 Å². The number of nitrogens with one attached hydrogen (secondary N) is 1. The number of carbonyl (C=O) groups is 1. The Morgan fingerprint density at radius 2 is 1.93 bits per heavy atom. The molecule has 1 saturated heterocycles. The van der Waals surface area contributed by atoms with E-state index in [0.29, 0.717) is 12.6 Å². The Kier molecular flexibility index (Phi) is 6.68. The van der Waals surface area contributed by atoms with Gasteiger partial charge in [0.2, 0.25) is 5.91 Å². The number of hydrogen-bond donors (Lipinski definition) is 2. The van der Waals surface area contributed by atoms with Crippen LogP contribution < -0.4 is 5.32 Å². The molecular weight excluding hydrogens is 364 g/mol. The van der Waals surface area contributed by atoms with E-state index in [2.05, 4.69) is 35.7 Å². The normalized spacial score (nSPS) is 27.0. The molecule has 5 heteroatoms. The number of aliphatic hydroxyl groups is 1. The van der Waals surface area contributed by atoms with Crippen molar-refractivity contribution in [3.05, 3.63) is 41.5 Å². The van der Waals surface area contributed by atoms with Crippen LogP contribution >= 0.6 is 0 Å². The summed E-state index contributed by atoms with van der Waals surface area (Å²) in [5, 5.41) is 13.3. The van der Waals surface area contributed by atoms with Crippen LogP contribution in [0, 0.1) is 0 Å². The third-order valence-electron chi connectivity index (χ3n) is 6.95. The first-order valence-electron chi connectivity index (χ1n) is 11.2. The second-order valence-corrected chi connectivity index (χ2v) is 8.75. The molecule has 0 unspecified atom stereocenters. The van der Waals surface area contributed by atoms with Gasteiger partial charge in [0.15, 0.2) is 0 Å². The second kappa shape index (κ2) is 9.41. The van der Waals surface area contributed by atoms with Gasteiger partial charge in [-0.2, -0.15) is 0 Å². The van der Waals surface area contributed by atoms with Gasteiger partial charge >= 0.3 is 0 Å². The first-order chi connectivity index (χ1) is 14.2. The Morgan fingerprint density at radius 1 is 1.17 bits per heavy atom. The molecule has 3 atom stereocenters. The summed E-state index contributed by atoms with van der Waals surface area (Å²) in [6.45, 7) is 0.936. The summed E-state index contributed by atoms with van der Waals surface area (Å²) in [4.78, 5) is 14.7. The number of aliphatic hydroxyl groups excluding tert-OH is 1. The van der Waals surface area contributed by atoms with Gasteiger partial charge in [0.1, 0.15) is 6.61 Å². The van der Waals surface area contributed by atoms with E-state index in [1.54, 1.807) is 7.11 Å². The zero-order valence-corrected chi connectivity index (χ0v) is 17.5. The number of rotatable bonds is 8. The standard InChI is InChI=1S/C24H34N2O3/c1-29-16-23(28)26(20-8-4-5-9-20)14-21-24(22(15-27)25-21)19-12-10-18(11-13-19)17-6-2-3-7-17/h6,10-13,20-22,24-25,27H,2-5,7-9,14-16H2,1H3/t21-,22-,24-/m1/s1. The molecule has 1 aromatic carbocycles. The second-order valence-electron chi connectivity index (χ2n) is 8.75. The molecule has 0 bridgehead atoms. The number of ether oxygens (including phenoxy) is 1. The fourth-order valence-corrected chi connectivity index (χ4v) is 5.38. The van der Waals surface area contributed by atoms with E-state index in [1.165, 1.54) is 48.8 Å². The molecule has 2 aliphatic carbocycles. The lowest BCUT2D eigenvalue weighted by Gasteiger charge is -2.48. The van der Waals surface area contributed by atoms with E-state index in [9.17, 15) is 9.90 Å². The van der Waals surface area contributed by atoms with Gasteiger partial charge in [-0.25, -0.2) is 0 Å². The molecule has 1 aliphatic heterocycles. The minimum atomic E-state index is 0.0551. The van der Waals surface area contributed by atoms with Crippen LogP contribution in [-0.4, -0.2) is 60.9 Å². The van der Waals surface area contributed by atoms with Gasteiger partial charge in [-0.3, -0.25) is 4.79 Å². The highest BCUT2D eigenvalue weighted by Gasteiger charge is 2.43. The van der Waals surface area contributed by atoms with E-state index in [-0.39, 0.29) is 37.1 Å². The van der Waals surface area contributed by atoms with Crippen molar-refractivity contribution in [3.63, 3.8) is 0 Å². The minimum Gasteiger partial charge on any atom is -0.395 e. The molecule has 2 fully saturated rings. The van der Waals surface area contributed by atoms with E-state index < -0.39 is 0 Å². The monoisotopic (exact) mass is 398 g/mol. The molecule has 5 nitrogen and oxygen atoms in total. The fraction of sp³-hybridized carbons (Fsp3) is 0.625. The summed E-state index contributed by atoms with van der Waals surface area (Å²) in [6.07, 6.45) is 10.5. The maximum Gasteiger partial charge on any atom is 0.248 e. The Balaban J connectivity index is 1.48. The highest BCUT2D eigenvalue weighted by atomic mass is 16.5. The number of allylic oxidation sites excluding steroid dienone is 2. The van der Waals surface area contributed by atoms with Gasteiger partial charge in [0.25, 0.3) is 0 Å². The third kappa shape index (κ3) is 4.42. The van der Waals surface area contributed by atoms with Crippen LogP contribution in [0.4, 0.5) is 0 Å². The van der Waals surface area contributed by atoms with Gasteiger partial charge in [0.05, 0.1) is 6.61 Å². The first-order valence-corrected chi connectivity index (χ1v) is 11.2. The molecule has 0 spiro atoms. The smallest absolute Gasteiger partial charge is 0.248 e. The topological polar surface area (TPSA) is 61.8 Å². The van der Waals surface area contributed by atoms with Crippen molar-refractivity contribution in [1.82, 2.24) is 10.2 Å². The van der Waals surface area contributed by atoms with Gasteiger partial charge < -0.3 is 20.1 Å². The molecule has 4 rings (SSSR count). The van der Waals surface area contributed by atoms with Crippen LogP contribution in [0.15, 0.2) is 30.3 Å². The van der Waals surface area contributed by atoms with Crippen LogP contribution in [0.1, 0.15) is 62.0 Å². The van der Waals surface area contributed by atoms with Crippen molar-refractivity contribution >= 4 is 11.5 Å². The average Bonchev–Trinajstić information content (AvgIpc) is 3.42. The average molecular weight is 399 g/mol. The number of carbonyl (C=O) groups excluding carboxylic acids is 1. The van der Waals surface area contributed by atoms with Crippen molar-refractivity contribution in [2.24, 2.45) is 0 Å². The molecule has 3 aliphatic rings. The van der Waals surface area contributed by atoms with Crippen LogP contribution in [0.3, 0.4) is 0 Å². The maximum absolute atomic E-state index is 12.7. The highest BCUT2D eigenvalue weighted by molar-refractivity contribution is 5.78. The lowest BCUT2D eigenvalue weighted by molar-refractivity contribution is -0.138. The summed E-state index contributed by atoms with van der Waals surface area (Å²) in [5.41, 5.74) is 4.02. The lowest BCUT2D eigenvalue weighted by atomic mass is 9.77. The Bertz CT molecular complexity index is 724. The summed E-state index contributed by atoms with van der Waals surface area (Å²) >= 11 is 0. The Labute approximate surface area is 174 Å². The number of methoxy groups -OCH3 is 1. The van der Waals surface area contributed by atoms with Crippen molar-refractivity contribution in [3.8, 4) is 0 Å². The molecule has 1 heterocycles. The Morgan fingerprint density at radius 3 is 2.55 bits per heavy atom. The quantitative estimate of drug-likeness (QED) is 0.706. The lowest BCUT2D eigenvalue weighted by Crippen LogP contribution is -2.65. The van der Waals surface area contributed by atoms with E-state index >= 15 is 0 Å². The van der Waals surface area contributed by atoms with Crippen LogP contribution in [-0.2, 0) is 9.53 Å². The van der Waals surface area contributed by atoms with Crippen LogP contribution in [0.2, 0.25) is 0 Å². The van der Waals surface area contributed by atoms with Crippen LogP contribution in [0.5, 0.6) is 0 Å². The van der Waals surface area contributed by atoms with E-state index in [4.69, 9.17) is 4.74 Å². The minimum absolute atomic E-state index is 0.0551. The molecule has 0 radical (unpaired) electrons. The van der Waals surface area contributed by atoms with E-state index in [0.717, 1.165) is 12.8 Å². The zero-order chi connectivity index (χ0) is 20.2. The summed E-state index contributed by atoms with van der Waals surface area (Å²) in [5.74, 6) is 0.307. The van der Waals surface area contributed by atoms with Crippen molar-refractivity contribution in [2.45, 2.75) is 69.0 Å². The largest absolute Gasteiger partial charge is 0.395 e. The summed E-state index contributed by atoms with van der Waals surface area (Å²) < 4.78 is 5.14. The summed E-state index contributed by atoms with van der Waals surface area (Å²) in [7, 11) is 1.58. The Hall–Kier alpha value is -1.69. The molecule has 1 aromatic rings. The predicted octanol–water partition coefficient (Wildman–Crippen LogP) is 3.09. The molecule has 2 N–H and O–H groups in total. The molecule has 1 saturated carbocycles. The number of benzene rings is 1. The molecule has 1 amide bonds. The van der Waals surface area contributed by atoms with Gasteiger partial charge in [-0.15, -0.1) is 0 Å². The molecule has 0 aromatic heterocycles. The third-order valence-corrected chi connectivity index (χ3v) is 6.95. The predicted molar refractivity (Wildman–Crippen MR) is 115 cm³/mol.